The lowest BCUT2D eigenvalue weighted by Crippen LogP contribution is -2.31. The Kier molecular flexibility index (Phi) is 7.06. The van der Waals surface area contributed by atoms with Crippen LogP contribution in [0.2, 0.25) is 0 Å². The molecule has 2 aromatic rings. The van der Waals surface area contributed by atoms with E-state index in [0.717, 1.165) is 36.9 Å². The monoisotopic (exact) mass is 401 g/mol. The zero-order valence-electron chi connectivity index (χ0n) is 15.9. The molecular formula is C21H27N3O3S. The Morgan fingerprint density at radius 2 is 1.54 bits per heavy atom. The molecule has 1 heterocycles. The summed E-state index contributed by atoms with van der Waals surface area (Å²) in [6.45, 7) is 1.19. The van der Waals surface area contributed by atoms with Crippen molar-refractivity contribution in [1.29, 1.82) is 0 Å². The van der Waals surface area contributed by atoms with Gasteiger partial charge in [-0.2, -0.15) is 4.31 Å². The van der Waals surface area contributed by atoms with E-state index in [1.165, 1.54) is 0 Å². The van der Waals surface area contributed by atoms with Crippen LogP contribution in [0.25, 0.3) is 0 Å². The van der Waals surface area contributed by atoms with Gasteiger partial charge in [-0.05, 0) is 49.1 Å². The van der Waals surface area contributed by atoms with Crippen molar-refractivity contribution in [1.82, 2.24) is 9.73 Å². The number of amides is 1. The summed E-state index contributed by atoms with van der Waals surface area (Å²) < 4.78 is 27.2. The van der Waals surface area contributed by atoms with E-state index >= 15 is 0 Å². The molecule has 2 N–H and O–H groups in total. The Hall–Kier alpha value is -2.38. The first-order valence-corrected chi connectivity index (χ1v) is 11.2. The Labute approximate surface area is 167 Å². The van der Waals surface area contributed by atoms with Crippen LogP contribution >= 0.6 is 0 Å². The number of carbonyl (C=O) groups is 1. The molecule has 0 aromatic heterocycles. The predicted octanol–water partition coefficient (Wildman–Crippen LogP) is 3.33. The first-order valence-electron chi connectivity index (χ1n) is 9.75. The zero-order chi connectivity index (χ0) is 19.8. The van der Waals surface area contributed by atoms with Gasteiger partial charge in [0.15, 0.2) is 0 Å². The van der Waals surface area contributed by atoms with Crippen LogP contribution in [0.1, 0.15) is 37.7 Å². The summed E-state index contributed by atoms with van der Waals surface area (Å²) >= 11 is 0. The number of sulfonamides is 1. The number of carbonyl (C=O) groups excluding carboxylic acids is 1. The fourth-order valence-corrected chi connectivity index (χ4v) is 4.76. The summed E-state index contributed by atoms with van der Waals surface area (Å²) in [5.74, 6) is -0.120. The van der Waals surface area contributed by atoms with Crippen molar-refractivity contribution in [3.8, 4) is 0 Å². The van der Waals surface area contributed by atoms with Gasteiger partial charge < -0.3 is 0 Å². The first-order chi connectivity index (χ1) is 13.6. The summed E-state index contributed by atoms with van der Waals surface area (Å²) in [6.07, 6.45) is 4.88. The van der Waals surface area contributed by atoms with E-state index in [9.17, 15) is 13.2 Å². The minimum Gasteiger partial charge on any atom is -0.299 e. The van der Waals surface area contributed by atoms with Crippen molar-refractivity contribution in [3.63, 3.8) is 0 Å². The molecule has 0 unspecified atom stereocenters. The van der Waals surface area contributed by atoms with E-state index in [0.29, 0.717) is 30.8 Å². The molecular weight excluding hydrogens is 374 g/mol. The number of rotatable bonds is 7. The van der Waals surface area contributed by atoms with E-state index in [-0.39, 0.29) is 5.91 Å². The smallest absolute Gasteiger partial charge is 0.243 e. The van der Waals surface area contributed by atoms with E-state index in [1.807, 2.05) is 30.3 Å². The molecule has 6 nitrogen and oxygen atoms in total. The van der Waals surface area contributed by atoms with Gasteiger partial charge in [-0.25, -0.2) is 8.42 Å². The molecule has 1 aliphatic heterocycles. The van der Waals surface area contributed by atoms with Gasteiger partial charge in [0.05, 0.1) is 10.6 Å². The largest absolute Gasteiger partial charge is 0.299 e. The lowest BCUT2D eigenvalue weighted by Gasteiger charge is -2.20. The highest BCUT2D eigenvalue weighted by atomic mass is 32.2. The van der Waals surface area contributed by atoms with Crippen LogP contribution in [-0.4, -0.2) is 31.7 Å². The summed E-state index contributed by atoms with van der Waals surface area (Å²) in [5, 5.41) is 0. The normalized spacial score (nSPS) is 15.6. The molecule has 1 fully saturated rings. The van der Waals surface area contributed by atoms with Crippen LogP contribution < -0.4 is 10.9 Å². The maximum Gasteiger partial charge on any atom is 0.243 e. The van der Waals surface area contributed by atoms with Gasteiger partial charge >= 0.3 is 0 Å². The topological polar surface area (TPSA) is 78.5 Å². The Morgan fingerprint density at radius 3 is 2.18 bits per heavy atom. The van der Waals surface area contributed by atoms with Crippen LogP contribution in [0.3, 0.4) is 0 Å². The van der Waals surface area contributed by atoms with Crippen molar-refractivity contribution in [2.75, 3.05) is 18.5 Å². The molecule has 1 aliphatic rings. The second-order valence-corrected chi connectivity index (χ2v) is 8.94. The molecule has 0 spiro atoms. The molecule has 7 heteroatoms. The van der Waals surface area contributed by atoms with Crippen molar-refractivity contribution in [2.45, 2.75) is 43.4 Å². The number of para-hydroxylation sites is 1. The molecule has 28 heavy (non-hydrogen) atoms. The highest BCUT2D eigenvalue weighted by molar-refractivity contribution is 7.89. The zero-order valence-corrected chi connectivity index (χ0v) is 16.7. The summed E-state index contributed by atoms with van der Waals surface area (Å²) in [4.78, 5) is 12.3. The Morgan fingerprint density at radius 1 is 0.893 bits per heavy atom. The third-order valence-electron chi connectivity index (χ3n) is 4.89. The lowest BCUT2D eigenvalue weighted by atomic mass is 10.1. The second-order valence-electron chi connectivity index (χ2n) is 7.00. The minimum absolute atomic E-state index is 0.120. The minimum atomic E-state index is -3.43. The maximum atomic E-state index is 12.8. The SMILES string of the molecule is O=C(CCc1ccc(S(=O)(=O)N2CCCCCC2)cc1)NNc1ccccc1. The van der Waals surface area contributed by atoms with Crippen LogP contribution in [0, 0.1) is 0 Å². The molecule has 2 aromatic carbocycles. The van der Waals surface area contributed by atoms with E-state index in [4.69, 9.17) is 0 Å². The molecule has 0 bridgehead atoms. The number of hydrogen-bond acceptors (Lipinski definition) is 4. The molecule has 0 radical (unpaired) electrons. The summed E-state index contributed by atoms with van der Waals surface area (Å²) in [5.41, 5.74) is 7.28. The van der Waals surface area contributed by atoms with Crippen molar-refractivity contribution in [3.05, 3.63) is 60.2 Å². The molecule has 1 amide bonds. The van der Waals surface area contributed by atoms with Crippen molar-refractivity contribution < 1.29 is 13.2 Å². The number of hydrogen-bond donors (Lipinski definition) is 2. The predicted molar refractivity (Wildman–Crippen MR) is 110 cm³/mol. The molecule has 1 saturated heterocycles. The van der Waals surface area contributed by atoms with Gasteiger partial charge in [-0.3, -0.25) is 15.6 Å². The molecule has 0 saturated carbocycles. The van der Waals surface area contributed by atoms with E-state index in [1.54, 1.807) is 28.6 Å². The fourth-order valence-electron chi connectivity index (χ4n) is 3.24. The number of nitrogens with zero attached hydrogens (tertiary/aromatic N) is 1. The summed E-state index contributed by atoms with van der Waals surface area (Å²) in [7, 11) is -3.43. The first kappa shape index (κ1) is 20.4. The number of hydrazine groups is 1. The van der Waals surface area contributed by atoms with Crippen LogP contribution in [0.15, 0.2) is 59.5 Å². The number of benzene rings is 2. The number of aryl methyl sites for hydroxylation is 1. The van der Waals surface area contributed by atoms with Gasteiger partial charge in [0.1, 0.15) is 0 Å². The number of nitrogens with one attached hydrogen (secondary N) is 2. The van der Waals surface area contributed by atoms with Gasteiger partial charge in [0.2, 0.25) is 15.9 Å². The fraction of sp³-hybridized carbons (Fsp3) is 0.381. The highest BCUT2D eigenvalue weighted by Crippen LogP contribution is 2.21. The van der Waals surface area contributed by atoms with Crippen molar-refractivity contribution in [2.24, 2.45) is 0 Å². The van der Waals surface area contributed by atoms with Gasteiger partial charge in [-0.15, -0.1) is 0 Å². The Bertz CT molecular complexity index is 860. The molecule has 0 atom stereocenters. The standard InChI is InChI=1S/C21H27N3O3S/c25-21(23-22-19-8-4-3-5-9-19)15-12-18-10-13-20(14-11-18)28(26,27)24-16-6-1-2-7-17-24/h3-5,8-11,13-14,22H,1-2,6-7,12,15-17H2,(H,23,25). The quantitative estimate of drug-likeness (QED) is 0.698. The Balaban J connectivity index is 1.51. The van der Waals surface area contributed by atoms with Crippen LogP contribution in [0.5, 0.6) is 0 Å². The third-order valence-corrected chi connectivity index (χ3v) is 6.80. The van der Waals surface area contributed by atoms with E-state index < -0.39 is 10.0 Å². The molecule has 3 rings (SSSR count). The van der Waals surface area contributed by atoms with Gasteiger partial charge in [-0.1, -0.05) is 43.2 Å². The molecule has 150 valence electrons. The van der Waals surface area contributed by atoms with Crippen LogP contribution in [0.4, 0.5) is 5.69 Å². The number of anilines is 1. The molecule has 0 aliphatic carbocycles. The second kappa shape index (κ2) is 9.71. The maximum absolute atomic E-state index is 12.8. The van der Waals surface area contributed by atoms with Gasteiger partial charge in [0.25, 0.3) is 0 Å². The lowest BCUT2D eigenvalue weighted by molar-refractivity contribution is -0.120. The average molecular weight is 402 g/mol. The van der Waals surface area contributed by atoms with E-state index in [2.05, 4.69) is 10.9 Å². The third kappa shape index (κ3) is 5.56. The van der Waals surface area contributed by atoms with Crippen molar-refractivity contribution >= 4 is 21.6 Å². The van der Waals surface area contributed by atoms with Gasteiger partial charge in [0, 0.05) is 19.5 Å². The highest BCUT2D eigenvalue weighted by Gasteiger charge is 2.24. The van der Waals surface area contributed by atoms with Crippen LogP contribution in [-0.2, 0) is 21.2 Å². The average Bonchev–Trinajstić information content (AvgIpc) is 3.02. The summed E-state index contributed by atoms with van der Waals surface area (Å²) in [6, 6.07) is 16.3.